The number of aryl methyl sites for hydroxylation is 1. The molecule has 0 saturated carbocycles. The van der Waals surface area contributed by atoms with Crippen LogP contribution in [0.4, 0.5) is 13.2 Å². The number of thioether (sulfide) groups is 1. The zero-order chi connectivity index (χ0) is 21.2. The molecule has 0 aliphatic heterocycles. The van der Waals surface area contributed by atoms with Crippen molar-refractivity contribution in [2.24, 2.45) is 7.05 Å². The molecule has 0 aliphatic carbocycles. The molecule has 9 heteroatoms. The van der Waals surface area contributed by atoms with Crippen molar-refractivity contribution in [3.8, 4) is 5.75 Å². The predicted octanol–water partition coefficient (Wildman–Crippen LogP) is 6.23. The zero-order valence-electron chi connectivity index (χ0n) is 16.0. The van der Waals surface area contributed by atoms with E-state index in [1.807, 2.05) is 19.9 Å². The molecule has 1 unspecified atom stereocenters. The minimum atomic E-state index is -4.36. The van der Waals surface area contributed by atoms with Gasteiger partial charge in [0.1, 0.15) is 5.75 Å². The molecule has 0 N–H and O–H groups in total. The first-order valence-electron chi connectivity index (χ1n) is 8.76. The number of aromatic nitrogens is 3. The van der Waals surface area contributed by atoms with Gasteiger partial charge in [-0.2, -0.15) is 13.2 Å². The van der Waals surface area contributed by atoms with Gasteiger partial charge in [0.15, 0.2) is 17.1 Å². The fourth-order valence-electron chi connectivity index (χ4n) is 2.74. The Morgan fingerprint density at radius 2 is 1.93 bits per heavy atom. The third-order valence-corrected chi connectivity index (χ3v) is 5.81. The van der Waals surface area contributed by atoms with Gasteiger partial charge in [-0.1, -0.05) is 41.6 Å². The molecule has 0 aliphatic rings. The number of ether oxygens (including phenoxy) is 1. The number of rotatable bonds is 6. The highest BCUT2D eigenvalue weighted by atomic mass is 35.5. The Hall–Kier alpha value is -2.19. The van der Waals surface area contributed by atoms with Gasteiger partial charge in [0.05, 0.1) is 5.56 Å². The van der Waals surface area contributed by atoms with Gasteiger partial charge in [0.2, 0.25) is 0 Å². The van der Waals surface area contributed by atoms with Crippen LogP contribution in [0.1, 0.15) is 35.5 Å². The summed E-state index contributed by atoms with van der Waals surface area (Å²) in [7, 11) is 1.80. The van der Waals surface area contributed by atoms with Gasteiger partial charge in [-0.3, -0.25) is 0 Å². The van der Waals surface area contributed by atoms with Crippen molar-refractivity contribution < 1.29 is 17.9 Å². The van der Waals surface area contributed by atoms with E-state index in [-0.39, 0.29) is 6.10 Å². The van der Waals surface area contributed by atoms with Crippen molar-refractivity contribution >= 4 is 23.4 Å². The highest BCUT2D eigenvalue weighted by molar-refractivity contribution is 7.98. The number of alkyl halides is 3. The first-order valence-corrected chi connectivity index (χ1v) is 10.1. The lowest BCUT2D eigenvalue weighted by Gasteiger charge is -2.15. The summed E-state index contributed by atoms with van der Waals surface area (Å²) < 4.78 is 46.3. The van der Waals surface area contributed by atoms with E-state index in [0.29, 0.717) is 33.1 Å². The molecule has 0 amide bonds. The summed E-state index contributed by atoms with van der Waals surface area (Å²) in [6, 6.07) is 10.7. The summed E-state index contributed by atoms with van der Waals surface area (Å²) in [5.41, 5.74) is 0.816. The lowest BCUT2D eigenvalue weighted by Crippen LogP contribution is -2.10. The Morgan fingerprint density at radius 1 is 1.17 bits per heavy atom. The SMILES string of the molecule is Cc1cc(OC(C)c2nnc(SCc3cccc(C(F)(F)F)c3)n2C)ccc1Cl. The lowest BCUT2D eigenvalue weighted by atomic mass is 10.1. The standard InChI is InChI=1S/C20H19ClF3N3OS/c1-12-9-16(7-8-17(12)21)28-13(2)18-25-26-19(27(18)3)29-11-14-5-4-6-15(10-14)20(22,23)24/h4-10,13H,11H2,1-3H3. The molecule has 0 bridgehead atoms. The van der Waals surface area contributed by atoms with Gasteiger partial charge in [0, 0.05) is 17.8 Å². The average molecular weight is 442 g/mol. The Balaban J connectivity index is 1.68. The number of nitrogens with zero attached hydrogens (tertiary/aromatic N) is 3. The number of hydrogen-bond donors (Lipinski definition) is 0. The molecule has 0 radical (unpaired) electrons. The van der Waals surface area contributed by atoms with Crippen LogP contribution in [-0.4, -0.2) is 14.8 Å². The molecule has 4 nitrogen and oxygen atoms in total. The van der Waals surface area contributed by atoms with Crippen LogP contribution < -0.4 is 4.74 Å². The maximum Gasteiger partial charge on any atom is 0.416 e. The Kier molecular flexibility index (Phi) is 6.43. The van der Waals surface area contributed by atoms with E-state index < -0.39 is 11.7 Å². The average Bonchev–Trinajstić information content (AvgIpc) is 3.03. The van der Waals surface area contributed by atoms with Crippen LogP contribution in [-0.2, 0) is 19.0 Å². The molecular weight excluding hydrogens is 423 g/mol. The van der Waals surface area contributed by atoms with Crippen LogP contribution in [0.25, 0.3) is 0 Å². The predicted molar refractivity (Wildman–Crippen MR) is 107 cm³/mol. The second-order valence-electron chi connectivity index (χ2n) is 6.56. The van der Waals surface area contributed by atoms with E-state index in [0.717, 1.165) is 17.7 Å². The molecule has 0 fully saturated rings. The minimum Gasteiger partial charge on any atom is -0.483 e. The molecule has 1 aromatic heterocycles. The smallest absolute Gasteiger partial charge is 0.416 e. The molecule has 3 rings (SSSR count). The Bertz CT molecular complexity index is 1010. The minimum absolute atomic E-state index is 0.349. The van der Waals surface area contributed by atoms with Gasteiger partial charge < -0.3 is 9.30 Å². The largest absolute Gasteiger partial charge is 0.483 e. The van der Waals surface area contributed by atoms with E-state index in [1.165, 1.54) is 17.8 Å². The van der Waals surface area contributed by atoms with E-state index in [4.69, 9.17) is 16.3 Å². The first kappa shape index (κ1) is 21.5. The maximum atomic E-state index is 12.9. The highest BCUT2D eigenvalue weighted by Gasteiger charge is 2.30. The number of benzene rings is 2. The molecule has 1 heterocycles. The molecule has 0 saturated heterocycles. The van der Waals surface area contributed by atoms with Crippen molar-refractivity contribution in [2.45, 2.75) is 37.0 Å². The highest BCUT2D eigenvalue weighted by Crippen LogP contribution is 2.31. The number of hydrogen-bond acceptors (Lipinski definition) is 4. The van der Waals surface area contributed by atoms with E-state index in [2.05, 4.69) is 10.2 Å². The summed E-state index contributed by atoms with van der Waals surface area (Å²) in [6.45, 7) is 3.75. The van der Waals surface area contributed by atoms with Crippen LogP contribution in [0.3, 0.4) is 0 Å². The van der Waals surface area contributed by atoms with E-state index in [9.17, 15) is 13.2 Å². The molecular formula is C20H19ClF3N3OS. The van der Waals surface area contributed by atoms with Crippen molar-refractivity contribution in [3.05, 3.63) is 70.0 Å². The van der Waals surface area contributed by atoms with E-state index >= 15 is 0 Å². The Labute approximate surface area is 176 Å². The molecule has 2 aromatic carbocycles. The van der Waals surface area contributed by atoms with E-state index in [1.54, 1.807) is 29.8 Å². The molecule has 29 heavy (non-hydrogen) atoms. The molecule has 1 atom stereocenters. The molecule has 154 valence electrons. The second-order valence-corrected chi connectivity index (χ2v) is 7.91. The second kappa shape index (κ2) is 8.67. The first-order chi connectivity index (χ1) is 13.6. The fraction of sp³-hybridized carbons (Fsp3) is 0.300. The normalized spacial score (nSPS) is 12.8. The summed E-state index contributed by atoms with van der Waals surface area (Å²) in [5, 5.41) is 9.59. The third-order valence-electron chi connectivity index (χ3n) is 4.30. The van der Waals surface area contributed by atoms with Gasteiger partial charge in [-0.25, -0.2) is 0 Å². The molecule has 3 aromatic rings. The number of halogens is 4. The van der Waals surface area contributed by atoms with Crippen LogP contribution >= 0.6 is 23.4 Å². The van der Waals surface area contributed by atoms with Crippen LogP contribution in [0, 0.1) is 6.92 Å². The van der Waals surface area contributed by atoms with Gasteiger partial charge in [0.25, 0.3) is 0 Å². The van der Waals surface area contributed by atoms with Crippen molar-refractivity contribution in [3.63, 3.8) is 0 Å². The monoisotopic (exact) mass is 441 g/mol. The summed E-state index contributed by atoms with van der Waals surface area (Å²) >= 11 is 7.35. The van der Waals surface area contributed by atoms with Crippen molar-refractivity contribution in [1.29, 1.82) is 0 Å². The quantitative estimate of drug-likeness (QED) is 0.425. The van der Waals surface area contributed by atoms with Gasteiger partial charge in [-0.15, -0.1) is 10.2 Å². The topological polar surface area (TPSA) is 39.9 Å². The van der Waals surface area contributed by atoms with Gasteiger partial charge >= 0.3 is 6.18 Å². The summed E-state index contributed by atoms with van der Waals surface area (Å²) in [4.78, 5) is 0. The fourth-order valence-corrected chi connectivity index (χ4v) is 3.72. The van der Waals surface area contributed by atoms with Crippen LogP contribution in [0.15, 0.2) is 47.6 Å². The maximum absolute atomic E-state index is 12.9. The summed E-state index contributed by atoms with van der Waals surface area (Å²) in [5.74, 6) is 1.63. The third kappa shape index (κ3) is 5.25. The summed E-state index contributed by atoms with van der Waals surface area (Å²) in [6.07, 6.45) is -4.72. The van der Waals surface area contributed by atoms with Crippen LogP contribution in [0.5, 0.6) is 5.75 Å². The van der Waals surface area contributed by atoms with Crippen LogP contribution in [0.2, 0.25) is 5.02 Å². The van der Waals surface area contributed by atoms with Crippen molar-refractivity contribution in [2.75, 3.05) is 0 Å². The molecule has 0 spiro atoms. The van der Waals surface area contributed by atoms with Crippen molar-refractivity contribution in [1.82, 2.24) is 14.8 Å². The zero-order valence-corrected chi connectivity index (χ0v) is 17.6. The van der Waals surface area contributed by atoms with Gasteiger partial charge in [-0.05, 0) is 49.2 Å². The lowest BCUT2D eigenvalue weighted by molar-refractivity contribution is -0.137. The Morgan fingerprint density at radius 3 is 2.62 bits per heavy atom.